The van der Waals surface area contributed by atoms with E-state index in [0.717, 1.165) is 5.56 Å². The number of nitrogens with one attached hydrogen (secondary N) is 2. The van der Waals surface area contributed by atoms with Crippen LogP contribution in [0.2, 0.25) is 0 Å². The first-order valence-electron chi connectivity index (χ1n) is 5.35. The number of amides is 1. The van der Waals surface area contributed by atoms with Gasteiger partial charge in [0.05, 0.1) is 11.0 Å². The van der Waals surface area contributed by atoms with Crippen molar-refractivity contribution >= 4 is 17.3 Å². The van der Waals surface area contributed by atoms with E-state index >= 15 is 0 Å². The Morgan fingerprint density at radius 3 is 2.88 bits per heavy atom. The Morgan fingerprint density at radius 2 is 2.29 bits per heavy atom. The Hall–Kier alpha value is -2.11. The number of nitro groups is 1. The average molecular weight is 235 g/mol. The maximum Gasteiger partial charge on any atom is 0.292 e. The number of para-hydroxylation sites is 1. The van der Waals surface area contributed by atoms with Gasteiger partial charge in [0.2, 0.25) is 5.91 Å². The fourth-order valence-electron chi connectivity index (χ4n) is 1.90. The lowest BCUT2D eigenvalue weighted by Crippen LogP contribution is -2.23. The van der Waals surface area contributed by atoms with Crippen LogP contribution in [0.5, 0.6) is 0 Å². The summed E-state index contributed by atoms with van der Waals surface area (Å²) in [5, 5.41) is 16.6. The first-order chi connectivity index (χ1) is 8.08. The normalized spacial score (nSPS) is 18.9. The summed E-state index contributed by atoms with van der Waals surface area (Å²) in [7, 11) is 0. The molecule has 0 bridgehead atoms. The molecule has 1 aromatic rings. The van der Waals surface area contributed by atoms with Crippen LogP contribution in [0.4, 0.5) is 11.4 Å². The van der Waals surface area contributed by atoms with Crippen molar-refractivity contribution in [3.8, 4) is 0 Å². The van der Waals surface area contributed by atoms with Crippen LogP contribution in [-0.2, 0) is 4.79 Å². The van der Waals surface area contributed by atoms with Crippen molar-refractivity contribution in [1.29, 1.82) is 0 Å². The molecule has 0 radical (unpaired) electrons. The van der Waals surface area contributed by atoms with Gasteiger partial charge in [-0.2, -0.15) is 0 Å². The van der Waals surface area contributed by atoms with Gasteiger partial charge in [0.15, 0.2) is 0 Å². The van der Waals surface area contributed by atoms with Crippen LogP contribution in [-0.4, -0.2) is 23.4 Å². The van der Waals surface area contributed by atoms with E-state index in [9.17, 15) is 14.9 Å². The van der Waals surface area contributed by atoms with Gasteiger partial charge < -0.3 is 10.6 Å². The number of benzene rings is 1. The van der Waals surface area contributed by atoms with Crippen molar-refractivity contribution < 1.29 is 9.72 Å². The SMILES string of the molecule is Cc1cccc([N+](=O)[O-])c1NC1CNC(=O)C1. The van der Waals surface area contributed by atoms with Crippen molar-refractivity contribution in [2.45, 2.75) is 19.4 Å². The van der Waals surface area contributed by atoms with Crippen LogP contribution in [0.25, 0.3) is 0 Å². The van der Waals surface area contributed by atoms with Gasteiger partial charge in [-0.3, -0.25) is 14.9 Å². The van der Waals surface area contributed by atoms with E-state index in [1.54, 1.807) is 19.1 Å². The van der Waals surface area contributed by atoms with E-state index in [2.05, 4.69) is 10.6 Å². The van der Waals surface area contributed by atoms with Gasteiger partial charge in [-0.25, -0.2) is 0 Å². The second-order valence-corrected chi connectivity index (χ2v) is 4.08. The molecule has 1 atom stereocenters. The molecule has 1 fully saturated rings. The zero-order valence-corrected chi connectivity index (χ0v) is 9.40. The number of carbonyl (C=O) groups is 1. The van der Waals surface area contributed by atoms with Crippen molar-refractivity contribution in [3.63, 3.8) is 0 Å². The van der Waals surface area contributed by atoms with Gasteiger partial charge in [0.1, 0.15) is 5.69 Å². The number of anilines is 1. The third-order valence-electron chi connectivity index (χ3n) is 2.77. The number of hydrogen-bond acceptors (Lipinski definition) is 4. The summed E-state index contributed by atoms with van der Waals surface area (Å²) in [6.45, 7) is 2.31. The number of hydrogen-bond donors (Lipinski definition) is 2. The molecule has 2 N–H and O–H groups in total. The summed E-state index contributed by atoms with van der Waals surface area (Å²) >= 11 is 0. The van der Waals surface area contributed by atoms with E-state index in [-0.39, 0.29) is 17.6 Å². The summed E-state index contributed by atoms with van der Waals surface area (Å²) < 4.78 is 0. The number of nitro benzene ring substituents is 1. The molecular formula is C11H13N3O3. The average Bonchev–Trinajstić information content (AvgIpc) is 2.67. The molecule has 1 aliphatic rings. The van der Waals surface area contributed by atoms with Crippen molar-refractivity contribution in [3.05, 3.63) is 33.9 Å². The third kappa shape index (κ3) is 2.35. The molecule has 1 aromatic carbocycles. The number of carbonyl (C=O) groups excluding carboxylic acids is 1. The molecule has 6 heteroatoms. The molecule has 1 heterocycles. The smallest absolute Gasteiger partial charge is 0.292 e. The summed E-state index contributed by atoms with van der Waals surface area (Å²) in [4.78, 5) is 21.5. The van der Waals surface area contributed by atoms with Gasteiger partial charge in [-0.1, -0.05) is 12.1 Å². The first-order valence-corrected chi connectivity index (χ1v) is 5.35. The minimum atomic E-state index is -0.417. The molecule has 1 aliphatic heterocycles. The van der Waals surface area contributed by atoms with Gasteiger partial charge in [-0.05, 0) is 12.5 Å². The lowest BCUT2D eigenvalue weighted by Gasteiger charge is -2.14. The maximum absolute atomic E-state index is 11.1. The van der Waals surface area contributed by atoms with Gasteiger partial charge in [0, 0.05) is 19.0 Å². The summed E-state index contributed by atoms with van der Waals surface area (Å²) in [5.74, 6) is -0.0289. The lowest BCUT2D eigenvalue weighted by atomic mass is 10.1. The van der Waals surface area contributed by atoms with Gasteiger partial charge >= 0.3 is 0 Å². The Bertz CT molecular complexity index is 473. The van der Waals surface area contributed by atoms with Crippen LogP contribution < -0.4 is 10.6 Å². The molecule has 0 spiro atoms. The molecule has 1 amide bonds. The summed E-state index contributed by atoms with van der Waals surface area (Å²) in [5.41, 5.74) is 1.35. The highest BCUT2D eigenvalue weighted by molar-refractivity contribution is 5.80. The monoisotopic (exact) mass is 235 g/mol. The predicted octanol–water partition coefficient (Wildman–Crippen LogP) is 1.20. The number of nitrogens with zero attached hydrogens (tertiary/aromatic N) is 1. The predicted molar refractivity (Wildman–Crippen MR) is 62.9 cm³/mol. The van der Waals surface area contributed by atoms with Crippen molar-refractivity contribution in [1.82, 2.24) is 5.32 Å². The second-order valence-electron chi connectivity index (χ2n) is 4.08. The van der Waals surface area contributed by atoms with Crippen LogP contribution in [0.15, 0.2) is 18.2 Å². The quantitative estimate of drug-likeness (QED) is 0.609. The highest BCUT2D eigenvalue weighted by Crippen LogP contribution is 2.28. The lowest BCUT2D eigenvalue weighted by molar-refractivity contribution is -0.384. The van der Waals surface area contributed by atoms with Crippen LogP contribution in [0.3, 0.4) is 0 Å². The van der Waals surface area contributed by atoms with Crippen LogP contribution in [0.1, 0.15) is 12.0 Å². The molecule has 0 saturated carbocycles. The number of aryl methyl sites for hydroxylation is 1. The van der Waals surface area contributed by atoms with E-state index in [0.29, 0.717) is 18.7 Å². The van der Waals surface area contributed by atoms with Crippen molar-refractivity contribution in [2.24, 2.45) is 0 Å². The molecule has 90 valence electrons. The molecule has 0 aromatic heterocycles. The van der Waals surface area contributed by atoms with E-state index in [4.69, 9.17) is 0 Å². The highest BCUT2D eigenvalue weighted by atomic mass is 16.6. The fraction of sp³-hybridized carbons (Fsp3) is 0.364. The summed E-state index contributed by atoms with van der Waals surface area (Å²) in [6, 6.07) is 4.83. The Kier molecular flexibility index (Phi) is 2.95. The maximum atomic E-state index is 11.1. The largest absolute Gasteiger partial charge is 0.374 e. The third-order valence-corrected chi connectivity index (χ3v) is 2.77. The second kappa shape index (κ2) is 4.40. The zero-order chi connectivity index (χ0) is 12.4. The molecule has 1 saturated heterocycles. The minimum absolute atomic E-state index is 0.0289. The molecule has 6 nitrogen and oxygen atoms in total. The standard InChI is InChI=1S/C11H13N3O3/c1-7-3-2-4-9(14(16)17)11(7)13-8-5-10(15)12-6-8/h2-4,8,13H,5-6H2,1H3,(H,12,15). The zero-order valence-electron chi connectivity index (χ0n) is 9.40. The van der Waals surface area contributed by atoms with Gasteiger partial charge in [0.25, 0.3) is 5.69 Å². The molecule has 2 rings (SSSR count). The van der Waals surface area contributed by atoms with Crippen LogP contribution >= 0.6 is 0 Å². The summed E-state index contributed by atoms with van der Waals surface area (Å²) in [6.07, 6.45) is 0.353. The molecule has 0 aliphatic carbocycles. The van der Waals surface area contributed by atoms with E-state index in [1.165, 1.54) is 6.07 Å². The number of rotatable bonds is 3. The van der Waals surface area contributed by atoms with Crippen LogP contribution in [0, 0.1) is 17.0 Å². The van der Waals surface area contributed by atoms with E-state index in [1.807, 2.05) is 0 Å². The molecule has 17 heavy (non-hydrogen) atoms. The Labute approximate surface area is 98.2 Å². The minimum Gasteiger partial charge on any atom is -0.374 e. The highest BCUT2D eigenvalue weighted by Gasteiger charge is 2.24. The van der Waals surface area contributed by atoms with Gasteiger partial charge in [-0.15, -0.1) is 0 Å². The molecule has 1 unspecified atom stereocenters. The Balaban J connectivity index is 2.25. The van der Waals surface area contributed by atoms with E-state index < -0.39 is 4.92 Å². The van der Waals surface area contributed by atoms with Crippen molar-refractivity contribution in [2.75, 3.05) is 11.9 Å². The molecular weight excluding hydrogens is 222 g/mol. The topological polar surface area (TPSA) is 84.3 Å². The fourth-order valence-corrected chi connectivity index (χ4v) is 1.90. The Morgan fingerprint density at radius 1 is 1.53 bits per heavy atom. The first kappa shape index (κ1) is 11.4.